The number of hydrogen-bond acceptors (Lipinski definition) is 3. The van der Waals surface area contributed by atoms with Gasteiger partial charge in [-0.25, -0.2) is 0 Å². The van der Waals surface area contributed by atoms with Crippen LogP contribution >= 0.6 is 11.6 Å². The summed E-state index contributed by atoms with van der Waals surface area (Å²) in [5.74, 6) is 0.0412. The molecule has 5 heteroatoms. The van der Waals surface area contributed by atoms with Gasteiger partial charge in [0.1, 0.15) is 0 Å². The Morgan fingerprint density at radius 3 is 2.56 bits per heavy atom. The van der Waals surface area contributed by atoms with Crippen molar-refractivity contribution in [1.29, 1.82) is 0 Å². The quantitative estimate of drug-likeness (QED) is 0.887. The van der Waals surface area contributed by atoms with Gasteiger partial charge in [0, 0.05) is 31.9 Å². The Morgan fingerprint density at radius 2 is 1.84 bits per heavy atom. The predicted molar refractivity (Wildman–Crippen MR) is 105 cm³/mol. The molecule has 1 aliphatic rings. The summed E-state index contributed by atoms with van der Waals surface area (Å²) in [6, 6.07) is 15.9. The molecule has 4 nitrogen and oxygen atoms in total. The highest BCUT2D eigenvalue weighted by atomic mass is 35.5. The molecule has 2 aromatic carbocycles. The lowest BCUT2D eigenvalue weighted by Gasteiger charge is -2.36. The SMILES string of the molecule is CCc1cccc(NC(=O)CN2CCN(c3ccccc3Cl)CC2)c1. The number of hydrogen-bond donors (Lipinski definition) is 1. The predicted octanol–water partition coefficient (Wildman–Crippen LogP) is 3.66. The average molecular weight is 358 g/mol. The summed E-state index contributed by atoms with van der Waals surface area (Å²) in [6.45, 7) is 6.00. The van der Waals surface area contributed by atoms with Gasteiger partial charge >= 0.3 is 0 Å². The van der Waals surface area contributed by atoms with Gasteiger partial charge in [-0.2, -0.15) is 0 Å². The van der Waals surface area contributed by atoms with Crippen LogP contribution in [-0.2, 0) is 11.2 Å². The third kappa shape index (κ3) is 4.74. The molecular weight excluding hydrogens is 334 g/mol. The van der Waals surface area contributed by atoms with E-state index >= 15 is 0 Å². The molecule has 0 bridgehead atoms. The van der Waals surface area contributed by atoms with E-state index in [0.717, 1.165) is 49.0 Å². The number of halogens is 1. The van der Waals surface area contributed by atoms with E-state index in [1.54, 1.807) is 0 Å². The first-order chi connectivity index (χ1) is 12.2. The minimum Gasteiger partial charge on any atom is -0.368 e. The first-order valence-electron chi connectivity index (χ1n) is 8.76. The van der Waals surface area contributed by atoms with Crippen molar-refractivity contribution >= 4 is 28.9 Å². The van der Waals surface area contributed by atoms with Crippen LogP contribution in [0.1, 0.15) is 12.5 Å². The van der Waals surface area contributed by atoms with Crippen molar-refractivity contribution in [3.05, 3.63) is 59.1 Å². The highest BCUT2D eigenvalue weighted by molar-refractivity contribution is 6.33. The number of nitrogens with one attached hydrogen (secondary N) is 1. The van der Waals surface area contributed by atoms with E-state index < -0.39 is 0 Å². The molecule has 25 heavy (non-hydrogen) atoms. The molecule has 0 saturated carbocycles. The van der Waals surface area contributed by atoms with Crippen molar-refractivity contribution in [2.45, 2.75) is 13.3 Å². The lowest BCUT2D eigenvalue weighted by Crippen LogP contribution is -2.48. The van der Waals surface area contributed by atoms with Crippen molar-refractivity contribution in [2.24, 2.45) is 0 Å². The van der Waals surface area contributed by atoms with Crippen molar-refractivity contribution in [3.8, 4) is 0 Å². The zero-order valence-electron chi connectivity index (χ0n) is 14.5. The number of benzene rings is 2. The van der Waals surface area contributed by atoms with Crippen LogP contribution in [0, 0.1) is 0 Å². The molecular formula is C20H24ClN3O. The van der Waals surface area contributed by atoms with Crippen LogP contribution in [0.5, 0.6) is 0 Å². The Balaban J connectivity index is 1.50. The summed E-state index contributed by atoms with van der Waals surface area (Å²) in [6.07, 6.45) is 0.966. The van der Waals surface area contributed by atoms with Gasteiger partial charge in [0.2, 0.25) is 5.91 Å². The van der Waals surface area contributed by atoms with Gasteiger partial charge in [0.15, 0.2) is 0 Å². The van der Waals surface area contributed by atoms with Crippen molar-refractivity contribution in [1.82, 2.24) is 4.90 Å². The van der Waals surface area contributed by atoms with Crippen LogP contribution in [0.15, 0.2) is 48.5 Å². The standard InChI is InChI=1S/C20H24ClN3O/c1-2-16-6-5-7-17(14-16)22-20(25)15-23-10-12-24(13-11-23)19-9-4-3-8-18(19)21/h3-9,14H,2,10-13,15H2,1H3,(H,22,25). The third-order valence-electron chi connectivity index (χ3n) is 4.55. The van der Waals surface area contributed by atoms with Crippen LogP contribution in [0.3, 0.4) is 0 Å². The van der Waals surface area contributed by atoms with Crippen molar-refractivity contribution in [2.75, 3.05) is 42.9 Å². The largest absolute Gasteiger partial charge is 0.368 e. The second-order valence-electron chi connectivity index (χ2n) is 6.32. The fourth-order valence-electron chi connectivity index (χ4n) is 3.13. The summed E-state index contributed by atoms with van der Waals surface area (Å²) in [5, 5.41) is 3.78. The summed E-state index contributed by atoms with van der Waals surface area (Å²) in [5.41, 5.74) is 3.18. The number of carbonyl (C=O) groups is 1. The Bertz CT molecular complexity index is 726. The number of anilines is 2. The number of amides is 1. The number of aryl methyl sites for hydroxylation is 1. The van der Waals surface area contributed by atoms with E-state index in [4.69, 9.17) is 11.6 Å². The van der Waals surface area contributed by atoms with Crippen molar-refractivity contribution < 1.29 is 4.79 Å². The highest BCUT2D eigenvalue weighted by Crippen LogP contribution is 2.25. The van der Waals surface area contributed by atoms with Gasteiger partial charge in [-0.15, -0.1) is 0 Å². The second-order valence-corrected chi connectivity index (χ2v) is 6.72. The smallest absolute Gasteiger partial charge is 0.238 e. The maximum absolute atomic E-state index is 12.3. The van der Waals surface area contributed by atoms with Gasteiger partial charge in [-0.1, -0.05) is 42.8 Å². The summed E-state index contributed by atoms with van der Waals surface area (Å²) >= 11 is 6.27. The maximum Gasteiger partial charge on any atom is 0.238 e. The summed E-state index contributed by atoms with van der Waals surface area (Å²) in [7, 11) is 0. The molecule has 0 aromatic heterocycles. The number of piperazine rings is 1. The Morgan fingerprint density at radius 1 is 1.08 bits per heavy atom. The van der Waals surface area contributed by atoms with Crippen LogP contribution in [-0.4, -0.2) is 43.5 Å². The first kappa shape index (κ1) is 17.8. The van der Waals surface area contributed by atoms with E-state index in [9.17, 15) is 4.79 Å². The minimum atomic E-state index is 0.0412. The molecule has 0 atom stereocenters. The monoisotopic (exact) mass is 357 g/mol. The van der Waals surface area contributed by atoms with E-state index in [1.165, 1.54) is 5.56 Å². The lowest BCUT2D eigenvalue weighted by molar-refractivity contribution is -0.117. The fourth-order valence-corrected chi connectivity index (χ4v) is 3.38. The van der Waals surface area contributed by atoms with E-state index in [2.05, 4.69) is 28.1 Å². The molecule has 1 fully saturated rings. The van der Waals surface area contributed by atoms with Crippen LogP contribution < -0.4 is 10.2 Å². The Hall–Kier alpha value is -2.04. The van der Waals surface area contributed by atoms with Gasteiger partial charge in [-0.05, 0) is 36.2 Å². The zero-order valence-corrected chi connectivity index (χ0v) is 15.3. The van der Waals surface area contributed by atoms with Crippen LogP contribution in [0.2, 0.25) is 5.02 Å². The summed E-state index contributed by atoms with van der Waals surface area (Å²) < 4.78 is 0. The molecule has 1 amide bonds. The van der Waals surface area contributed by atoms with E-state index in [1.807, 2.05) is 42.5 Å². The maximum atomic E-state index is 12.3. The molecule has 2 aromatic rings. The zero-order chi connectivity index (χ0) is 17.6. The lowest BCUT2D eigenvalue weighted by atomic mass is 10.1. The molecule has 0 radical (unpaired) electrons. The molecule has 1 saturated heterocycles. The van der Waals surface area contributed by atoms with Gasteiger partial charge < -0.3 is 10.2 Å². The third-order valence-corrected chi connectivity index (χ3v) is 4.87. The van der Waals surface area contributed by atoms with E-state index in [-0.39, 0.29) is 5.91 Å². The molecule has 1 aliphatic heterocycles. The van der Waals surface area contributed by atoms with Crippen LogP contribution in [0.25, 0.3) is 0 Å². The van der Waals surface area contributed by atoms with E-state index in [0.29, 0.717) is 6.54 Å². The fraction of sp³-hybridized carbons (Fsp3) is 0.350. The topological polar surface area (TPSA) is 35.6 Å². The average Bonchev–Trinajstić information content (AvgIpc) is 2.63. The second kappa shape index (κ2) is 8.37. The molecule has 1 heterocycles. The summed E-state index contributed by atoms with van der Waals surface area (Å²) in [4.78, 5) is 16.8. The molecule has 0 unspecified atom stereocenters. The van der Waals surface area contributed by atoms with Crippen molar-refractivity contribution in [3.63, 3.8) is 0 Å². The van der Waals surface area contributed by atoms with Gasteiger partial charge in [-0.3, -0.25) is 9.69 Å². The minimum absolute atomic E-state index is 0.0412. The molecule has 0 spiro atoms. The first-order valence-corrected chi connectivity index (χ1v) is 9.14. The van der Waals surface area contributed by atoms with Gasteiger partial charge in [0.25, 0.3) is 0 Å². The molecule has 0 aliphatic carbocycles. The molecule has 3 rings (SSSR count). The molecule has 132 valence electrons. The number of para-hydroxylation sites is 1. The highest BCUT2D eigenvalue weighted by Gasteiger charge is 2.20. The number of nitrogens with zero attached hydrogens (tertiary/aromatic N) is 2. The molecule has 1 N–H and O–H groups in total. The van der Waals surface area contributed by atoms with Gasteiger partial charge in [0.05, 0.1) is 17.3 Å². The normalized spacial score (nSPS) is 15.2. The Kier molecular flexibility index (Phi) is 5.95. The Labute approximate surface area is 154 Å². The number of rotatable bonds is 5. The number of carbonyl (C=O) groups excluding carboxylic acids is 1. The van der Waals surface area contributed by atoms with Crippen LogP contribution in [0.4, 0.5) is 11.4 Å².